The lowest BCUT2D eigenvalue weighted by molar-refractivity contribution is -0.123. The average molecular weight is 260 g/mol. The molecule has 0 radical (unpaired) electrons. The fraction of sp³-hybridized carbons (Fsp3) is 0.909. The van der Waals surface area contributed by atoms with E-state index in [2.05, 4.69) is 5.32 Å². The predicted molar refractivity (Wildman–Crippen MR) is 65.2 cm³/mol. The molecule has 1 saturated carbocycles. The Balaban J connectivity index is 1.70. The second-order valence-corrected chi connectivity index (χ2v) is 7.69. The van der Waals surface area contributed by atoms with Crippen LogP contribution in [0.15, 0.2) is 0 Å². The van der Waals surface area contributed by atoms with E-state index in [1.54, 1.807) is 0 Å². The number of hydrogen-bond donors (Lipinski definition) is 2. The van der Waals surface area contributed by atoms with Crippen molar-refractivity contribution in [3.8, 4) is 0 Å². The Morgan fingerprint density at radius 2 is 2.12 bits per heavy atom. The third kappa shape index (κ3) is 3.42. The monoisotopic (exact) mass is 260 g/mol. The minimum absolute atomic E-state index is 0.0449. The Kier molecular flexibility index (Phi) is 3.45. The van der Waals surface area contributed by atoms with Crippen LogP contribution in [0.3, 0.4) is 0 Å². The number of hydrogen-bond acceptors (Lipinski definition) is 4. The van der Waals surface area contributed by atoms with Gasteiger partial charge in [-0.2, -0.15) is 0 Å². The summed E-state index contributed by atoms with van der Waals surface area (Å²) in [6.45, 7) is 0.466. The van der Waals surface area contributed by atoms with Crippen LogP contribution in [0.5, 0.6) is 0 Å². The van der Waals surface area contributed by atoms with Gasteiger partial charge in [0, 0.05) is 18.5 Å². The quantitative estimate of drug-likeness (QED) is 0.733. The molecular weight excluding hydrogens is 240 g/mol. The molecule has 0 aromatic rings. The summed E-state index contributed by atoms with van der Waals surface area (Å²) in [5, 5.41) is 2.80. The first kappa shape index (κ1) is 12.8. The van der Waals surface area contributed by atoms with Crippen molar-refractivity contribution in [2.75, 3.05) is 18.1 Å². The lowest BCUT2D eigenvalue weighted by Crippen LogP contribution is -2.50. The second kappa shape index (κ2) is 4.57. The van der Waals surface area contributed by atoms with Gasteiger partial charge >= 0.3 is 0 Å². The van der Waals surface area contributed by atoms with Crippen LogP contribution in [-0.4, -0.2) is 37.9 Å². The van der Waals surface area contributed by atoms with Gasteiger partial charge in [0.1, 0.15) is 0 Å². The number of carbonyl (C=O) groups is 1. The summed E-state index contributed by atoms with van der Waals surface area (Å²) in [5.41, 5.74) is 5.67. The lowest BCUT2D eigenvalue weighted by Gasteiger charge is -2.37. The van der Waals surface area contributed by atoms with E-state index in [1.165, 1.54) is 0 Å². The molecule has 2 fully saturated rings. The van der Waals surface area contributed by atoms with Gasteiger partial charge in [-0.1, -0.05) is 0 Å². The van der Waals surface area contributed by atoms with E-state index in [4.69, 9.17) is 5.73 Å². The number of rotatable bonds is 4. The maximum absolute atomic E-state index is 11.6. The summed E-state index contributed by atoms with van der Waals surface area (Å²) in [5.74, 6) is 0.505. The van der Waals surface area contributed by atoms with E-state index in [1.807, 2.05) is 0 Å². The molecule has 1 heterocycles. The van der Waals surface area contributed by atoms with E-state index in [9.17, 15) is 13.2 Å². The molecule has 17 heavy (non-hydrogen) atoms. The van der Waals surface area contributed by atoms with Gasteiger partial charge in [0.25, 0.3) is 0 Å². The normalized spacial score (nSPS) is 29.6. The number of amides is 1. The highest BCUT2D eigenvalue weighted by Gasteiger charge is 2.35. The van der Waals surface area contributed by atoms with Crippen LogP contribution >= 0.6 is 0 Å². The van der Waals surface area contributed by atoms with Crippen LogP contribution < -0.4 is 11.1 Å². The van der Waals surface area contributed by atoms with E-state index in [0.29, 0.717) is 19.4 Å². The van der Waals surface area contributed by atoms with Crippen molar-refractivity contribution in [2.24, 2.45) is 11.7 Å². The molecule has 1 aliphatic carbocycles. The van der Waals surface area contributed by atoms with Crippen LogP contribution in [0.2, 0.25) is 0 Å². The fourth-order valence-corrected chi connectivity index (χ4v) is 4.34. The maximum atomic E-state index is 11.6. The van der Waals surface area contributed by atoms with Crippen molar-refractivity contribution < 1.29 is 13.2 Å². The Hall–Kier alpha value is -0.620. The Labute approximate surface area is 102 Å². The summed E-state index contributed by atoms with van der Waals surface area (Å²) in [6.07, 6.45) is 3.96. The van der Waals surface area contributed by atoms with Gasteiger partial charge in [-0.15, -0.1) is 0 Å². The summed E-state index contributed by atoms with van der Waals surface area (Å²) >= 11 is 0. The first-order valence-corrected chi connectivity index (χ1v) is 7.97. The van der Waals surface area contributed by atoms with Gasteiger partial charge in [0.05, 0.1) is 11.5 Å². The van der Waals surface area contributed by atoms with Crippen LogP contribution in [0.4, 0.5) is 0 Å². The van der Waals surface area contributed by atoms with Crippen molar-refractivity contribution in [3.63, 3.8) is 0 Å². The van der Waals surface area contributed by atoms with Crippen LogP contribution in [-0.2, 0) is 14.6 Å². The zero-order valence-electron chi connectivity index (χ0n) is 9.94. The molecule has 6 heteroatoms. The highest BCUT2D eigenvalue weighted by atomic mass is 32.2. The van der Waals surface area contributed by atoms with E-state index < -0.39 is 9.84 Å². The molecule has 3 N–H and O–H groups in total. The third-order valence-corrected chi connectivity index (χ3v) is 5.61. The van der Waals surface area contributed by atoms with Crippen molar-refractivity contribution >= 4 is 15.7 Å². The molecule has 1 amide bonds. The Bertz CT molecular complexity index is 401. The molecule has 5 nitrogen and oxygen atoms in total. The van der Waals surface area contributed by atoms with Gasteiger partial charge in [-0.25, -0.2) is 8.42 Å². The number of nitrogens with one attached hydrogen (secondary N) is 1. The molecule has 0 aromatic heterocycles. The highest BCUT2D eigenvalue weighted by Crippen LogP contribution is 2.31. The SMILES string of the molecule is NC1(CC(=O)NCC2CCS(=O)(=O)C2)CCC1. The number of nitrogens with two attached hydrogens (primary N) is 1. The average Bonchev–Trinajstić information content (AvgIpc) is 2.53. The predicted octanol–water partition coefficient (Wildman–Crippen LogP) is -0.191. The van der Waals surface area contributed by atoms with E-state index >= 15 is 0 Å². The van der Waals surface area contributed by atoms with Gasteiger partial charge in [-0.05, 0) is 31.6 Å². The van der Waals surface area contributed by atoms with Gasteiger partial charge in [0.2, 0.25) is 5.91 Å². The van der Waals surface area contributed by atoms with Gasteiger partial charge in [0.15, 0.2) is 9.84 Å². The molecule has 98 valence electrons. The first-order valence-electron chi connectivity index (χ1n) is 6.15. The molecule has 0 bridgehead atoms. The molecule has 1 unspecified atom stereocenters. The van der Waals surface area contributed by atoms with Crippen molar-refractivity contribution in [1.29, 1.82) is 0 Å². The molecular formula is C11H20N2O3S. The molecule has 0 spiro atoms. The molecule has 0 aromatic carbocycles. The third-order valence-electron chi connectivity index (χ3n) is 3.78. The van der Waals surface area contributed by atoms with Crippen molar-refractivity contribution in [3.05, 3.63) is 0 Å². The molecule has 1 atom stereocenters. The second-order valence-electron chi connectivity index (χ2n) is 5.47. The minimum Gasteiger partial charge on any atom is -0.356 e. The molecule has 1 aliphatic heterocycles. The molecule has 1 saturated heterocycles. The maximum Gasteiger partial charge on any atom is 0.221 e. The number of carbonyl (C=O) groups excluding carboxylic acids is 1. The largest absolute Gasteiger partial charge is 0.356 e. The van der Waals surface area contributed by atoms with Crippen LogP contribution in [0.25, 0.3) is 0 Å². The zero-order chi connectivity index (χ0) is 12.5. The van der Waals surface area contributed by atoms with E-state index in [0.717, 1.165) is 19.3 Å². The van der Waals surface area contributed by atoms with Crippen LogP contribution in [0, 0.1) is 5.92 Å². The smallest absolute Gasteiger partial charge is 0.221 e. The molecule has 2 rings (SSSR count). The molecule has 2 aliphatic rings. The van der Waals surface area contributed by atoms with E-state index in [-0.39, 0.29) is 28.9 Å². The Morgan fingerprint density at radius 1 is 1.41 bits per heavy atom. The zero-order valence-corrected chi connectivity index (χ0v) is 10.8. The summed E-state index contributed by atoms with van der Waals surface area (Å²) in [6, 6.07) is 0. The minimum atomic E-state index is -2.85. The highest BCUT2D eigenvalue weighted by molar-refractivity contribution is 7.91. The van der Waals surface area contributed by atoms with Gasteiger partial charge in [-0.3, -0.25) is 4.79 Å². The van der Waals surface area contributed by atoms with Gasteiger partial charge < -0.3 is 11.1 Å². The van der Waals surface area contributed by atoms with Crippen molar-refractivity contribution in [2.45, 2.75) is 37.6 Å². The summed E-state index contributed by atoms with van der Waals surface area (Å²) < 4.78 is 22.5. The fourth-order valence-electron chi connectivity index (χ4n) is 2.48. The number of sulfone groups is 1. The standard InChI is InChI=1S/C11H20N2O3S/c12-11(3-1-4-11)6-10(14)13-7-9-2-5-17(15,16)8-9/h9H,1-8,12H2,(H,13,14). The first-order chi connectivity index (χ1) is 7.89. The topological polar surface area (TPSA) is 89.3 Å². The van der Waals surface area contributed by atoms with Crippen molar-refractivity contribution in [1.82, 2.24) is 5.32 Å². The summed E-state index contributed by atoms with van der Waals surface area (Å²) in [7, 11) is -2.85. The van der Waals surface area contributed by atoms with Crippen LogP contribution in [0.1, 0.15) is 32.1 Å². The lowest BCUT2D eigenvalue weighted by atomic mass is 9.75. The Morgan fingerprint density at radius 3 is 2.59 bits per heavy atom. The summed E-state index contributed by atoms with van der Waals surface area (Å²) in [4.78, 5) is 11.6.